The molecule has 0 N–H and O–H groups in total. The van der Waals surface area contributed by atoms with Crippen LogP contribution >= 0.6 is 23.2 Å². The average molecular weight is 445 g/mol. The number of benzene rings is 1. The molecule has 0 atom stereocenters. The summed E-state index contributed by atoms with van der Waals surface area (Å²) in [5.74, 6) is -0.255. The summed E-state index contributed by atoms with van der Waals surface area (Å²) in [4.78, 5) is 33.3. The lowest BCUT2D eigenvalue weighted by Gasteiger charge is -2.34. The van der Waals surface area contributed by atoms with Crippen LogP contribution in [0.15, 0.2) is 30.5 Å². The maximum Gasteiger partial charge on any atom is 0.276 e. The largest absolute Gasteiger partial charge is 0.335 e. The molecule has 2 amide bonds. The molecule has 2 aliphatic rings. The highest BCUT2D eigenvalue weighted by Gasteiger charge is 2.29. The van der Waals surface area contributed by atoms with Crippen LogP contribution in [0, 0.1) is 0 Å². The van der Waals surface area contributed by atoms with Gasteiger partial charge in [-0.05, 0) is 31.0 Å². The van der Waals surface area contributed by atoms with Crippen LogP contribution in [0.25, 0.3) is 10.9 Å². The Morgan fingerprint density at radius 3 is 2.37 bits per heavy atom. The Balaban J connectivity index is 1.26. The van der Waals surface area contributed by atoms with E-state index < -0.39 is 0 Å². The number of halogens is 2. The number of carbonyl (C=O) groups is 2. The van der Waals surface area contributed by atoms with E-state index in [0.29, 0.717) is 54.0 Å². The highest BCUT2D eigenvalue weighted by molar-refractivity contribution is 6.37. The van der Waals surface area contributed by atoms with E-state index in [4.69, 9.17) is 23.2 Å². The minimum atomic E-state index is -0.145. The zero-order chi connectivity index (χ0) is 20.8. The van der Waals surface area contributed by atoms with Gasteiger partial charge in [0.2, 0.25) is 0 Å². The summed E-state index contributed by atoms with van der Waals surface area (Å²) < 4.78 is 1.76. The molecule has 1 aliphatic carbocycles. The number of nitrogens with zero attached hydrogens (tertiary/aromatic N) is 6. The van der Waals surface area contributed by atoms with Crippen LogP contribution in [-0.2, 0) is 0 Å². The van der Waals surface area contributed by atoms with E-state index in [-0.39, 0.29) is 17.0 Å². The molecule has 0 unspecified atom stereocenters. The van der Waals surface area contributed by atoms with E-state index in [2.05, 4.69) is 15.3 Å². The lowest BCUT2D eigenvalue weighted by Crippen LogP contribution is -2.50. The molecule has 0 bridgehead atoms. The Labute approximate surface area is 182 Å². The maximum absolute atomic E-state index is 12.9. The van der Waals surface area contributed by atoms with E-state index in [1.807, 2.05) is 0 Å². The van der Waals surface area contributed by atoms with Crippen molar-refractivity contribution in [2.24, 2.45) is 0 Å². The molecule has 0 radical (unpaired) electrons. The first-order chi connectivity index (χ1) is 14.5. The first-order valence-corrected chi connectivity index (χ1v) is 10.5. The van der Waals surface area contributed by atoms with E-state index in [1.165, 1.54) is 0 Å². The second-order valence-corrected chi connectivity index (χ2v) is 8.35. The van der Waals surface area contributed by atoms with Crippen molar-refractivity contribution in [2.75, 3.05) is 26.2 Å². The summed E-state index contributed by atoms with van der Waals surface area (Å²) in [6.45, 7) is 1.79. The first kappa shape index (κ1) is 19.3. The van der Waals surface area contributed by atoms with Crippen LogP contribution in [0.2, 0.25) is 10.2 Å². The molecule has 1 aromatic carbocycles. The van der Waals surface area contributed by atoms with Gasteiger partial charge in [0.05, 0.1) is 22.8 Å². The summed E-state index contributed by atoms with van der Waals surface area (Å²) >= 11 is 12.2. The van der Waals surface area contributed by atoms with Crippen LogP contribution in [0.5, 0.6) is 0 Å². The van der Waals surface area contributed by atoms with Crippen LogP contribution in [0.3, 0.4) is 0 Å². The molecule has 5 rings (SSSR count). The molecule has 0 spiro atoms. The Kier molecular flexibility index (Phi) is 4.83. The van der Waals surface area contributed by atoms with Gasteiger partial charge in [0.25, 0.3) is 11.8 Å². The quantitative estimate of drug-likeness (QED) is 0.579. The number of pyridine rings is 1. The highest BCUT2D eigenvalue weighted by Crippen LogP contribution is 2.33. The fraction of sp³-hybridized carbons (Fsp3) is 0.350. The standard InChI is InChI=1S/C20H18Cl2N6O2/c21-15-10-18(22)23-16-9-12(1-4-14(15)16)19(29)26-5-7-27(8-6-26)20(30)17-11-28(25-24-17)13-2-3-13/h1,4,9-11,13H,2-3,5-8H2. The molecule has 8 nitrogen and oxygen atoms in total. The summed E-state index contributed by atoms with van der Waals surface area (Å²) in [5.41, 5.74) is 1.45. The molecule has 1 saturated carbocycles. The first-order valence-electron chi connectivity index (χ1n) is 9.76. The van der Waals surface area contributed by atoms with Crippen molar-refractivity contribution in [3.05, 3.63) is 51.9 Å². The van der Waals surface area contributed by atoms with Crippen LogP contribution in [-0.4, -0.2) is 67.8 Å². The SMILES string of the molecule is O=C(c1ccc2c(Cl)cc(Cl)nc2c1)N1CCN(C(=O)c2cn(C3CC3)nn2)CC1. The Bertz CT molecular complexity index is 1150. The summed E-state index contributed by atoms with van der Waals surface area (Å²) in [5, 5.41) is 9.57. The van der Waals surface area contributed by atoms with Gasteiger partial charge >= 0.3 is 0 Å². The number of fused-ring (bicyclic) bond motifs is 1. The van der Waals surface area contributed by atoms with Gasteiger partial charge in [-0.3, -0.25) is 9.59 Å². The number of aromatic nitrogens is 4. The number of hydrogen-bond donors (Lipinski definition) is 0. The van der Waals surface area contributed by atoms with Crippen molar-refractivity contribution < 1.29 is 9.59 Å². The molecule has 1 aliphatic heterocycles. The van der Waals surface area contributed by atoms with Crippen molar-refractivity contribution >= 4 is 45.9 Å². The molecule has 3 aromatic rings. The molecule has 2 aromatic heterocycles. The van der Waals surface area contributed by atoms with Gasteiger partial charge in [-0.25, -0.2) is 9.67 Å². The van der Waals surface area contributed by atoms with Gasteiger partial charge in [-0.1, -0.05) is 34.5 Å². The van der Waals surface area contributed by atoms with Crippen molar-refractivity contribution in [2.45, 2.75) is 18.9 Å². The molecule has 1 saturated heterocycles. The Morgan fingerprint density at radius 1 is 0.967 bits per heavy atom. The van der Waals surface area contributed by atoms with Crippen molar-refractivity contribution in [3.8, 4) is 0 Å². The van der Waals surface area contributed by atoms with Gasteiger partial charge in [0.1, 0.15) is 5.15 Å². The average Bonchev–Trinajstić information content (AvgIpc) is 3.49. The van der Waals surface area contributed by atoms with Crippen LogP contribution < -0.4 is 0 Å². The number of carbonyl (C=O) groups excluding carboxylic acids is 2. The molecular weight excluding hydrogens is 427 g/mol. The third kappa shape index (κ3) is 3.61. The van der Waals surface area contributed by atoms with Crippen LogP contribution in [0.1, 0.15) is 39.7 Å². The van der Waals surface area contributed by atoms with Crippen molar-refractivity contribution in [1.29, 1.82) is 0 Å². The molecule has 30 heavy (non-hydrogen) atoms. The summed E-state index contributed by atoms with van der Waals surface area (Å²) in [6.07, 6.45) is 3.89. The van der Waals surface area contributed by atoms with Crippen LogP contribution in [0.4, 0.5) is 0 Å². The molecule has 154 valence electrons. The monoisotopic (exact) mass is 444 g/mol. The van der Waals surface area contributed by atoms with Gasteiger partial charge < -0.3 is 9.80 Å². The Hall–Kier alpha value is -2.71. The van der Waals surface area contributed by atoms with E-state index in [9.17, 15) is 9.59 Å². The Morgan fingerprint density at radius 2 is 1.67 bits per heavy atom. The van der Waals surface area contributed by atoms with Gasteiger partial charge in [-0.15, -0.1) is 5.10 Å². The molecular formula is C20H18Cl2N6O2. The minimum Gasteiger partial charge on any atom is -0.335 e. The molecule has 10 heteroatoms. The highest BCUT2D eigenvalue weighted by atomic mass is 35.5. The zero-order valence-electron chi connectivity index (χ0n) is 16.0. The normalized spacial score (nSPS) is 16.9. The number of rotatable bonds is 3. The fourth-order valence-corrected chi connectivity index (χ4v) is 4.16. The third-order valence-electron chi connectivity index (χ3n) is 5.48. The predicted octanol–water partition coefficient (Wildman–Crippen LogP) is 3.07. The van der Waals surface area contributed by atoms with Crippen molar-refractivity contribution in [1.82, 2.24) is 29.8 Å². The summed E-state index contributed by atoms with van der Waals surface area (Å²) in [6, 6.07) is 7.17. The minimum absolute atomic E-state index is 0.110. The number of piperazine rings is 1. The lowest BCUT2D eigenvalue weighted by molar-refractivity contribution is 0.0532. The number of amides is 2. The number of hydrogen-bond acceptors (Lipinski definition) is 5. The maximum atomic E-state index is 12.9. The lowest BCUT2D eigenvalue weighted by atomic mass is 10.1. The summed E-state index contributed by atoms with van der Waals surface area (Å²) in [7, 11) is 0. The molecule has 3 heterocycles. The smallest absolute Gasteiger partial charge is 0.276 e. The van der Waals surface area contributed by atoms with Gasteiger partial charge in [-0.2, -0.15) is 0 Å². The van der Waals surface area contributed by atoms with E-state index in [0.717, 1.165) is 18.2 Å². The van der Waals surface area contributed by atoms with Crippen molar-refractivity contribution in [3.63, 3.8) is 0 Å². The van der Waals surface area contributed by atoms with Gasteiger partial charge in [0.15, 0.2) is 5.69 Å². The molecule has 2 fully saturated rings. The predicted molar refractivity (Wildman–Crippen MR) is 112 cm³/mol. The topological polar surface area (TPSA) is 84.2 Å². The van der Waals surface area contributed by atoms with Gasteiger partial charge in [0, 0.05) is 37.1 Å². The zero-order valence-corrected chi connectivity index (χ0v) is 17.5. The fourth-order valence-electron chi connectivity index (χ4n) is 3.64. The van der Waals surface area contributed by atoms with E-state index >= 15 is 0 Å². The van der Waals surface area contributed by atoms with E-state index in [1.54, 1.807) is 44.9 Å². The second-order valence-electron chi connectivity index (χ2n) is 7.56. The second kappa shape index (κ2) is 7.52. The third-order valence-corrected chi connectivity index (χ3v) is 5.99.